The van der Waals surface area contributed by atoms with E-state index in [4.69, 9.17) is 4.74 Å². The lowest BCUT2D eigenvalue weighted by Crippen LogP contribution is -2.05. The average Bonchev–Trinajstić information content (AvgIpc) is 2.47. The summed E-state index contributed by atoms with van der Waals surface area (Å²) in [6.07, 6.45) is 1.35. The third kappa shape index (κ3) is 3.94. The summed E-state index contributed by atoms with van der Waals surface area (Å²) in [7, 11) is 0. The Hall–Kier alpha value is -1.61. The molecule has 0 saturated carbocycles. The smallest absolute Gasteiger partial charge is 0.168 e. The molecule has 0 bridgehead atoms. The Morgan fingerprint density at radius 2 is 1.90 bits per heavy atom. The van der Waals surface area contributed by atoms with Gasteiger partial charge in [0, 0.05) is 16.5 Å². The number of carbonyl (C=O) groups excluding carboxylic acids is 1. The fraction of sp³-hybridized carbons (Fsp3) is 0.235. The van der Waals surface area contributed by atoms with Gasteiger partial charge >= 0.3 is 0 Å². The number of rotatable bonds is 6. The maximum absolute atomic E-state index is 12.4. The van der Waals surface area contributed by atoms with Gasteiger partial charge in [0.1, 0.15) is 5.75 Å². The molecule has 0 aliphatic rings. The van der Waals surface area contributed by atoms with Crippen LogP contribution in [0.1, 0.15) is 29.3 Å². The lowest BCUT2D eigenvalue weighted by molar-refractivity contribution is 0.0992. The van der Waals surface area contributed by atoms with Gasteiger partial charge in [0.25, 0.3) is 0 Å². The van der Waals surface area contributed by atoms with Gasteiger partial charge in [-0.15, -0.1) is 0 Å². The highest BCUT2D eigenvalue weighted by Crippen LogP contribution is 2.24. The van der Waals surface area contributed by atoms with E-state index in [2.05, 4.69) is 22.9 Å². The molecule has 2 nitrogen and oxygen atoms in total. The Kier molecular flexibility index (Phi) is 5.36. The van der Waals surface area contributed by atoms with Crippen molar-refractivity contribution in [2.45, 2.75) is 19.8 Å². The van der Waals surface area contributed by atoms with Crippen LogP contribution in [0, 0.1) is 0 Å². The molecule has 0 atom stereocenters. The maximum atomic E-state index is 12.4. The first kappa shape index (κ1) is 14.8. The second-order valence-electron chi connectivity index (χ2n) is 4.58. The standard InChI is InChI=1S/C17H17BrO2/c1-2-10-20-14-8-9-16(18)15(12-14)17(19)11-13-6-4-3-5-7-13/h3-9,12H,2,10-11H2,1H3. The minimum Gasteiger partial charge on any atom is -0.494 e. The summed E-state index contributed by atoms with van der Waals surface area (Å²) in [5.41, 5.74) is 1.69. The van der Waals surface area contributed by atoms with E-state index in [1.54, 1.807) is 0 Å². The average molecular weight is 333 g/mol. The maximum Gasteiger partial charge on any atom is 0.168 e. The molecule has 0 aromatic heterocycles. The van der Waals surface area contributed by atoms with Crippen LogP contribution in [0.15, 0.2) is 53.0 Å². The zero-order valence-corrected chi connectivity index (χ0v) is 13.0. The molecule has 3 heteroatoms. The number of ketones is 1. The second-order valence-corrected chi connectivity index (χ2v) is 5.43. The zero-order valence-electron chi connectivity index (χ0n) is 11.4. The molecule has 0 aliphatic heterocycles. The molecule has 0 spiro atoms. The van der Waals surface area contributed by atoms with Crippen molar-refractivity contribution < 1.29 is 9.53 Å². The number of hydrogen-bond acceptors (Lipinski definition) is 2. The van der Waals surface area contributed by atoms with Gasteiger partial charge in [-0.3, -0.25) is 4.79 Å². The van der Waals surface area contributed by atoms with Crippen LogP contribution in [-0.2, 0) is 6.42 Å². The van der Waals surface area contributed by atoms with E-state index in [9.17, 15) is 4.79 Å². The minimum atomic E-state index is 0.0880. The van der Waals surface area contributed by atoms with Crippen LogP contribution in [0.2, 0.25) is 0 Å². The highest BCUT2D eigenvalue weighted by Gasteiger charge is 2.12. The van der Waals surface area contributed by atoms with E-state index in [0.717, 1.165) is 22.2 Å². The largest absolute Gasteiger partial charge is 0.494 e. The summed E-state index contributed by atoms with van der Waals surface area (Å²) in [5.74, 6) is 0.830. The van der Waals surface area contributed by atoms with Crippen molar-refractivity contribution in [3.05, 3.63) is 64.1 Å². The minimum absolute atomic E-state index is 0.0880. The van der Waals surface area contributed by atoms with Crippen LogP contribution < -0.4 is 4.74 Å². The van der Waals surface area contributed by atoms with Gasteiger partial charge in [0.05, 0.1) is 6.61 Å². The van der Waals surface area contributed by atoms with Crippen molar-refractivity contribution >= 4 is 21.7 Å². The van der Waals surface area contributed by atoms with Crippen LogP contribution in [0.3, 0.4) is 0 Å². The van der Waals surface area contributed by atoms with Crippen molar-refractivity contribution in [3.63, 3.8) is 0 Å². The number of Topliss-reactive ketones (excluding diaryl/α,β-unsaturated/α-hetero) is 1. The summed E-state index contributed by atoms with van der Waals surface area (Å²) in [5, 5.41) is 0. The van der Waals surface area contributed by atoms with E-state index in [1.165, 1.54) is 0 Å². The van der Waals surface area contributed by atoms with Crippen molar-refractivity contribution in [2.75, 3.05) is 6.61 Å². The van der Waals surface area contributed by atoms with Gasteiger partial charge < -0.3 is 4.74 Å². The number of ether oxygens (including phenoxy) is 1. The Morgan fingerprint density at radius 3 is 2.60 bits per heavy atom. The highest BCUT2D eigenvalue weighted by atomic mass is 79.9. The van der Waals surface area contributed by atoms with Crippen LogP contribution in [0.4, 0.5) is 0 Å². The van der Waals surface area contributed by atoms with Crippen LogP contribution in [0.5, 0.6) is 5.75 Å². The zero-order chi connectivity index (χ0) is 14.4. The number of halogens is 1. The van der Waals surface area contributed by atoms with Gasteiger partial charge in [-0.1, -0.05) is 53.2 Å². The van der Waals surface area contributed by atoms with Crippen molar-refractivity contribution in [2.24, 2.45) is 0 Å². The third-order valence-corrected chi connectivity index (χ3v) is 3.61. The molecule has 2 aromatic rings. The first-order valence-corrected chi connectivity index (χ1v) is 7.49. The van der Waals surface area contributed by atoms with E-state index >= 15 is 0 Å². The van der Waals surface area contributed by atoms with E-state index in [1.807, 2.05) is 48.5 Å². The van der Waals surface area contributed by atoms with Gasteiger partial charge in [-0.25, -0.2) is 0 Å². The van der Waals surface area contributed by atoms with E-state index < -0.39 is 0 Å². The normalized spacial score (nSPS) is 10.3. The second kappa shape index (κ2) is 7.25. The lowest BCUT2D eigenvalue weighted by atomic mass is 10.0. The predicted octanol–water partition coefficient (Wildman–Crippen LogP) is 4.66. The molecule has 0 unspecified atom stereocenters. The van der Waals surface area contributed by atoms with Crippen LogP contribution >= 0.6 is 15.9 Å². The third-order valence-electron chi connectivity index (χ3n) is 2.92. The summed E-state index contributed by atoms with van der Waals surface area (Å²) in [6.45, 7) is 2.72. The topological polar surface area (TPSA) is 26.3 Å². The summed E-state index contributed by atoms with van der Waals surface area (Å²) in [6, 6.07) is 15.3. The van der Waals surface area contributed by atoms with E-state index in [-0.39, 0.29) is 5.78 Å². The van der Waals surface area contributed by atoms with Gasteiger partial charge in [0.2, 0.25) is 0 Å². The number of hydrogen-bond donors (Lipinski definition) is 0. The Labute approximate surface area is 127 Å². The van der Waals surface area contributed by atoms with Crippen molar-refractivity contribution in [3.8, 4) is 5.75 Å². The SMILES string of the molecule is CCCOc1ccc(Br)c(C(=O)Cc2ccccc2)c1. The molecule has 20 heavy (non-hydrogen) atoms. The molecule has 0 aliphatic carbocycles. The molecule has 0 fully saturated rings. The number of benzene rings is 2. The first-order valence-electron chi connectivity index (χ1n) is 6.70. The van der Waals surface area contributed by atoms with Crippen LogP contribution in [-0.4, -0.2) is 12.4 Å². The molecule has 0 heterocycles. The fourth-order valence-corrected chi connectivity index (χ4v) is 2.37. The van der Waals surface area contributed by atoms with E-state index in [0.29, 0.717) is 18.6 Å². The first-order chi connectivity index (χ1) is 9.70. The summed E-state index contributed by atoms with van der Waals surface area (Å²) >= 11 is 3.44. The molecule has 104 valence electrons. The quantitative estimate of drug-likeness (QED) is 0.719. The Morgan fingerprint density at radius 1 is 1.15 bits per heavy atom. The molecule has 0 amide bonds. The Balaban J connectivity index is 2.16. The lowest BCUT2D eigenvalue weighted by Gasteiger charge is -2.08. The molecular formula is C17H17BrO2. The van der Waals surface area contributed by atoms with Crippen LogP contribution in [0.25, 0.3) is 0 Å². The van der Waals surface area contributed by atoms with Gasteiger partial charge in [-0.2, -0.15) is 0 Å². The fourth-order valence-electron chi connectivity index (χ4n) is 1.90. The molecule has 2 rings (SSSR count). The molecule has 0 saturated heterocycles. The van der Waals surface area contributed by atoms with Gasteiger partial charge in [0.15, 0.2) is 5.78 Å². The molecule has 0 N–H and O–H groups in total. The van der Waals surface area contributed by atoms with Crippen molar-refractivity contribution in [1.82, 2.24) is 0 Å². The Bertz CT molecular complexity index is 579. The molecule has 0 radical (unpaired) electrons. The summed E-state index contributed by atoms with van der Waals surface area (Å²) < 4.78 is 6.39. The highest BCUT2D eigenvalue weighted by molar-refractivity contribution is 9.10. The molecular weight excluding hydrogens is 316 g/mol. The number of carbonyl (C=O) groups is 1. The predicted molar refractivity (Wildman–Crippen MR) is 84.4 cm³/mol. The van der Waals surface area contributed by atoms with Crippen molar-refractivity contribution in [1.29, 1.82) is 0 Å². The monoisotopic (exact) mass is 332 g/mol. The van der Waals surface area contributed by atoms with Gasteiger partial charge in [-0.05, 0) is 30.2 Å². The summed E-state index contributed by atoms with van der Waals surface area (Å²) in [4.78, 5) is 12.4. The molecule has 2 aromatic carbocycles.